The molecule has 2 N–H and O–H groups in total. The zero-order valence-electron chi connectivity index (χ0n) is 8.38. The topological polar surface area (TPSA) is 26.0 Å². The molecule has 0 amide bonds. The number of nitrogens with two attached hydrogens (primary N) is 1. The van der Waals surface area contributed by atoms with E-state index < -0.39 is 0 Å². The normalized spacial score (nSPS) is 18.7. The Labute approximate surface area is 80.0 Å². The van der Waals surface area contributed by atoms with E-state index in [-0.39, 0.29) is 6.04 Å². The van der Waals surface area contributed by atoms with Crippen molar-refractivity contribution in [3.8, 4) is 0 Å². The maximum absolute atomic E-state index is 6.17. The summed E-state index contributed by atoms with van der Waals surface area (Å²) in [7, 11) is 0. The number of hydrogen-bond acceptors (Lipinski definition) is 1. The first-order valence-corrected chi connectivity index (χ1v) is 5.01. The fourth-order valence-electron chi connectivity index (χ4n) is 1.83. The predicted molar refractivity (Wildman–Crippen MR) is 55.6 cm³/mol. The van der Waals surface area contributed by atoms with Gasteiger partial charge in [0.15, 0.2) is 0 Å². The van der Waals surface area contributed by atoms with Crippen LogP contribution in [-0.4, -0.2) is 0 Å². The molecular formula is C12H17N. The molecule has 1 nitrogen and oxygen atoms in total. The minimum absolute atomic E-state index is 0.278. The van der Waals surface area contributed by atoms with Crippen molar-refractivity contribution in [3.05, 3.63) is 34.9 Å². The van der Waals surface area contributed by atoms with Crippen molar-refractivity contribution in [2.45, 2.75) is 32.7 Å². The van der Waals surface area contributed by atoms with Gasteiger partial charge in [0.25, 0.3) is 0 Å². The van der Waals surface area contributed by atoms with Gasteiger partial charge in [0.2, 0.25) is 0 Å². The quantitative estimate of drug-likeness (QED) is 0.734. The molecule has 0 aliphatic heterocycles. The number of benzene rings is 1. The zero-order valence-corrected chi connectivity index (χ0v) is 8.38. The summed E-state index contributed by atoms with van der Waals surface area (Å²) in [6, 6.07) is 6.84. The van der Waals surface area contributed by atoms with Crippen LogP contribution in [0.3, 0.4) is 0 Å². The van der Waals surface area contributed by atoms with E-state index in [0.29, 0.717) is 0 Å². The van der Waals surface area contributed by atoms with Crippen LogP contribution >= 0.6 is 0 Å². The van der Waals surface area contributed by atoms with E-state index in [1.165, 1.54) is 29.5 Å². The van der Waals surface area contributed by atoms with E-state index in [2.05, 4.69) is 32.0 Å². The summed E-state index contributed by atoms with van der Waals surface area (Å²) in [4.78, 5) is 0. The Morgan fingerprint density at radius 2 is 2.00 bits per heavy atom. The lowest BCUT2D eigenvalue weighted by Crippen LogP contribution is -2.13. The maximum Gasteiger partial charge on any atom is 0.0326 e. The third kappa shape index (κ3) is 1.75. The summed E-state index contributed by atoms with van der Waals surface area (Å²) in [5.41, 5.74) is 10.2. The second kappa shape index (κ2) is 3.15. The lowest BCUT2D eigenvalue weighted by atomic mass is 9.97. The van der Waals surface area contributed by atoms with Gasteiger partial charge in [-0.3, -0.25) is 0 Å². The predicted octanol–water partition coefficient (Wildman–Crippen LogP) is 2.71. The van der Waals surface area contributed by atoms with Gasteiger partial charge in [-0.25, -0.2) is 0 Å². The van der Waals surface area contributed by atoms with Crippen LogP contribution in [0, 0.1) is 19.8 Å². The first kappa shape index (κ1) is 8.76. The van der Waals surface area contributed by atoms with Gasteiger partial charge in [0.05, 0.1) is 0 Å². The standard InChI is InChI=1S/C12H17N/c1-8-3-4-9(2)11(7-8)12(13)10-5-6-10/h3-4,7,10,12H,5-6,13H2,1-2H3/t12-/m1/s1. The summed E-state index contributed by atoms with van der Waals surface area (Å²) in [6.07, 6.45) is 2.63. The average molecular weight is 175 g/mol. The highest BCUT2D eigenvalue weighted by Crippen LogP contribution is 2.40. The summed E-state index contributed by atoms with van der Waals surface area (Å²) < 4.78 is 0. The zero-order chi connectivity index (χ0) is 9.42. The Hall–Kier alpha value is -0.820. The second-order valence-electron chi connectivity index (χ2n) is 4.22. The highest BCUT2D eigenvalue weighted by atomic mass is 14.7. The molecule has 0 saturated heterocycles. The molecule has 1 aliphatic rings. The van der Waals surface area contributed by atoms with Crippen molar-refractivity contribution < 1.29 is 0 Å². The summed E-state index contributed by atoms with van der Waals surface area (Å²) in [5.74, 6) is 0.750. The van der Waals surface area contributed by atoms with Gasteiger partial charge in [-0.2, -0.15) is 0 Å². The molecule has 1 aromatic rings. The Morgan fingerprint density at radius 3 is 2.62 bits per heavy atom. The first-order valence-electron chi connectivity index (χ1n) is 5.01. The Bertz CT molecular complexity index is 313. The molecule has 0 heterocycles. The molecule has 1 aliphatic carbocycles. The molecule has 1 heteroatoms. The minimum atomic E-state index is 0.278. The molecule has 2 rings (SSSR count). The Balaban J connectivity index is 2.31. The van der Waals surface area contributed by atoms with Gasteiger partial charge in [-0.1, -0.05) is 23.8 Å². The molecule has 0 unspecified atom stereocenters. The van der Waals surface area contributed by atoms with Crippen LogP contribution in [0.4, 0.5) is 0 Å². The highest BCUT2D eigenvalue weighted by molar-refractivity contribution is 5.33. The van der Waals surface area contributed by atoms with E-state index in [9.17, 15) is 0 Å². The van der Waals surface area contributed by atoms with Crippen molar-refractivity contribution in [2.75, 3.05) is 0 Å². The smallest absolute Gasteiger partial charge is 0.0326 e. The van der Waals surface area contributed by atoms with E-state index in [1.807, 2.05) is 0 Å². The van der Waals surface area contributed by atoms with Crippen molar-refractivity contribution in [3.63, 3.8) is 0 Å². The van der Waals surface area contributed by atoms with Crippen LogP contribution in [0.1, 0.15) is 35.6 Å². The summed E-state index contributed by atoms with van der Waals surface area (Å²) in [6.45, 7) is 4.28. The number of hydrogen-bond donors (Lipinski definition) is 1. The monoisotopic (exact) mass is 175 g/mol. The van der Waals surface area contributed by atoms with Gasteiger partial charge >= 0.3 is 0 Å². The van der Waals surface area contributed by atoms with E-state index in [0.717, 1.165) is 5.92 Å². The molecule has 13 heavy (non-hydrogen) atoms. The van der Waals surface area contributed by atoms with Gasteiger partial charge in [0.1, 0.15) is 0 Å². The molecule has 0 radical (unpaired) electrons. The van der Waals surface area contributed by atoms with E-state index >= 15 is 0 Å². The highest BCUT2D eigenvalue weighted by Gasteiger charge is 2.30. The summed E-state index contributed by atoms with van der Waals surface area (Å²) >= 11 is 0. The second-order valence-corrected chi connectivity index (χ2v) is 4.22. The molecule has 1 fully saturated rings. The molecule has 1 aromatic carbocycles. The molecule has 0 spiro atoms. The van der Waals surface area contributed by atoms with Crippen LogP contribution in [-0.2, 0) is 0 Å². The molecular weight excluding hydrogens is 158 g/mol. The van der Waals surface area contributed by atoms with Crippen LogP contribution in [0.5, 0.6) is 0 Å². The average Bonchev–Trinajstić information content (AvgIpc) is 2.91. The molecule has 1 atom stereocenters. The van der Waals surface area contributed by atoms with Crippen molar-refractivity contribution >= 4 is 0 Å². The van der Waals surface area contributed by atoms with Gasteiger partial charge in [-0.15, -0.1) is 0 Å². The van der Waals surface area contributed by atoms with Crippen LogP contribution in [0.15, 0.2) is 18.2 Å². The lowest BCUT2D eigenvalue weighted by molar-refractivity contribution is 0.629. The Morgan fingerprint density at radius 1 is 1.31 bits per heavy atom. The third-order valence-corrected chi connectivity index (χ3v) is 2.92. The Kier molecular flexibility index (Phi) is 2.12. The molecule has 70 valence electrons. The first-order chi connectivity index (χ1) is 6.18. The number of aryl methyl sites for hydroxylation is 2. The fraction of sp³-hybridized carbons (Fsp3) is 0.500. The lowest BCUT2D eigenvalue weighted by Gasteiger charge is -2.14. The van der Waals surface area contributed by atoms with Crippen LogP contribution in [0.2, 0.25) is 0 Å². The van der Waals surface area contributed by atoms with Crippen LogP contribution in [0.25, 0.3) is 0 Å². The summed E-state index contributed by atoms with van der Waals surface area (Å²) in [5, 5.41) is 0. The molecule has 0 aromatic heterocycles. The fourth-order valence-corrected chi connectivity index (χ4v) is 1.83. The van der Waals surface area contributed by atoms with Crippen molar-refractivity contribution in [2.24, 2.45) is 11.7 Å². The number of rotatable bonds is 2. The van der Waals surface area contributed by atoms with Crippen molar-refractivity contribution in [1.29, 1.82) is 0 Å². The van der Waals surface area contributed by atoms with Gasteiger partial charge in [-0.05, 0) is 43.7 Å². The van der Waals surface area contributed by atoms with E-state index in [1.54, 1.807) is 0 Å². The SMILES string of the molecule is Cc1ccc(C)c([C@H](N)C2CC2)c1. The molecule has 1 saturated carbocycles. The van der Waals surface area contributed by atoms with Crippen molar-refractivity contribution in [1.82, 2.24) is 0 Å². The molecule has 0 bridgehead atoms. The van der Waals surface area contributed by atoms with Gasteiger partial charge in [0, 0.05) is 6.04 Å². The third-order valence-electron chi connectivity index (χ3n) is 2.92. The minimum Gasteiger partial charge on any atom is -0.324 e. The van der Waals surface area contributed by atoms with E-state index in [4.69, 9.17) is 5.73 Å². The maximum atomic E-state index is 6.17. The van der Waals surface area contributed by atoms with Gasteiger partial charge < -0.3 is 5.73 Å². The largest absolute Gasteiger partial charge is 0.324 e. The van der Waals surface area contributed by atoms with Crippen LogP contribution < -0.4 is 5.73 Å².